The zero-order chi connectivity index (χ0) is 30.2. The Morgan fingerprint density at radius 1 is 1.05 bits per heavy atom. The Morgan fingerprint density at radius 2 is 1.84 bits per heavy atom. The Morgan fingerprint density at radius 3 is 2.58 bits per heavy atom. The highest BCUT2D eigenvalue weighted by molar-refractivity contribution is 7.22. The van der Waals surface area contributed by atoms with Crippen molar-refractivity contribution in [2.45, 2.75) is 52.5 Å². The third-order valence-corrected chi connectivity index (χ3v) is 9.01. The highest BCUT2D eigenvalue weighted by Crippen LogP contribution is 2.45. The molecule has 10 heteroatoms. The summed E-state index contributed by atoms with van der Waals surface area (Å²) < 4.78 is 8.57. The van der Waals surface area contributed by atoms with Gasteiger partial charge in [0.05, 0.1) is 34.1 Å². The van der Waals surface area contributed by atoms with Crippen molar-refractivity contribution in [1.29, 1.82) is 0 Å². The number of anilines is 1. The van der Waals surface area contributed by atoms with Crippen LogP contribution in [0.5, 0.6) is 5.75 Å². The predicted octanol–water partition coefficient (Wildman–Crippen LogP) is 7.80. The number of benzene rings is 2. The summed E-state index contributed by atoms with van der Waals surface area (Å²) in [6.45, 7) is 6.53. The van der Waals surface area contributed by atoms with Gasteiger partial charge in [-0.05, 0) is 67.8 Å². The van der Waals surface area contributed by atoms with Crippen molar-refractivity contribution in [3.63, 3.8) is 0 Å². The number of unbranched alkanes of at least 4 members (excludes halogenated alkanes) is 3. The van der Waals surface area contributed by atoms with Gasteiger partial charge in [-0.15, -0.1) is 0 Å². The third-order valence-electron chi connectivity index (χ3n) is 7.76. The van der Waals surface area contributed by atoms with Gasteiger partial charge in [0.25, 0.3) is 5.78 Å². The van der Waals surface area contributed by atoms with Crippen molar-refractivity contribution >= 4 is 61.4 Å². The van der Waals surface area contributed by atoms with Gasteiger partial charge < -0.3 is 14.2 Å². The van der Waals surface area contributed by atoms with Gasteiger partial charge in [-0.2, -0.15) is 0 Å². The van der Waals surface area contributed by atoms with Gasteiger partial charge in [-0.3, -0.25) is 14.5 Å². The third kappa shape index (κ3) is 5.28. The summed E-state index contributed by atoms with van der Waals surface area (Å²) in [6.07, 6.45) is 6.25. The molecular formula is C33H31ClN4O4S. The highest BCUT2D eigenvalue weighted by atomic mass is 35.5. The van der Waals surface area contributed by atoms with Crippen LogP contribution < -0.4 is 9.64 Å². The normalized spacial score (nSPS) is 16.6. The van der Waals surface area contributed by atoms with Crippen LogP contribution in [0, 0.1) is 13.8 Å². The van der Waals surface area contributed by atoms with E-state index in [9.17, 15) is 14.7 Å². The molecule has 0 bridgehead atoms. The quantitative estimate of drug-likeness (QED) is 0.0787. The lowest BCUT2D eigenvalue weighted by Crippen LogP contribution is -2.29. The van der Waals surface area contributed by atoms with Gasteiger partial charge in [0.15, 0.2) is 10.9 Å². The Balaban J connectivity index is 1.46. The second kappa shape index (κ2) is 11.8. The summed E-state index contributed by atoms with van der Waals surface area (Å²) in [5.41, 5.74) is 3.73. The van der Waals surface area contributed by atoms with Crippen LogP contribution in [0.4, 0.5) is 5.13 Å². The number of carbonyl (C=O) groups is 2. The number of hydrogen-bond acceptors (Lipinski definition) is 7. The lowest BCUT2D eigenvalue weighted by atomic mass is 9.96. The number of nitrogens with zero attached hydrogens (tertiary/aromatic N) is 4. The van der Waals surface area contributed by atoms with Crippen LogP contribution >= 0.6 is 22.9 Å². The first-order chi connectivity index (χ1) is 20.8. The molecule has 0 saturated carbocycles. The van der Waals surface area contributed by atoms with E-state index in [1.807, 2.05) is 60.8 Å². The number of rotatable bonds is 9. The van der Waals surface area contributed by atoms with E-state index in [1.165, 1.54) is 22.7 Å². The van der Waals surface area contributed by atoms with E-state index in [-0.39, 0.29) is 17.0 Å². The minimum Gasteiger partial charge on any atom is -0.505 e. The summed E-state index contributed by atoms with van der Waals surface area (Å²) in [4.78, 5) is 38.2. The molecule has 1 aliphatic rings. The number of halogens is 1. The van der Waals surface area contributed by atoms with E-state index in [1.54, 1.807) is 18.2 Å². The zero-order valence-corrected chi connectivity index (χ0v) is 25.7. The number of amides is 1. The van der Waals surface area contributed by atoms with Crippen molar-refractivity contribution in [2.24, 2.45) is 0 Å². The maximum absolute atomic E-state index is 13.7. The number of fused-ring (bicyclic) bond motifs is 2. The molecule has 1 amide bonds. The zero-order valence-electron chi connectivity index (χ0n) is 24.1. The molecule has 5 aromatic rings. The lowest BCUT2D eigenvalue weighted by Gasteiger charge is -2.23. The largest absolute Gasteiger partial charge is 0.505 e. The fourth-order valence-electron chi connectivity index (χ4n) is 5.47. The number of imidazole rings is 1. The summed E-state index contributed by atoms with van der Waals surface area (Å²) in [5.74, 6) is -1.21. The number of carbonyl (C=O) groups excluding carboxylic acids is 2. The maximum Gasteiger partial charge on any atom is 0.301 e. The van der Waals surface area contributed by atoms with Crippen molar-refractivity contribution in [3.8, 4) is 5.75 Å². The number of pyridine rings is 1. The molecule has 1 unspecified atom stereocenters. The van der Waals surface area contributed by atoms with E-state index in [0.717, 1.165) is 29.5 Å². The van der Waals surface area contributed by atoms with E-state index in [2.05, 4.69) is 16.9 Å². The number of hydrogen-bond donors (Lipinski definition) is 1. The molecule has 220 valence electrons. The van der Waals surface area contributed by atoms with Crippen LogP contribution in [-0.4, -0.2) is 37.8 Å². The van der Waals surface area contributed by atoms with Crippen molar-refractivity contribution in [1.82, 2.24) is 14.4 Å². The highest BCUT2D eigenvalue weighted by Gasteiger charge is 2.48. The van der Waals surface area contributed by atoms with Crippen molar-refractivity contribution < 1.29 is 19.4 Å². The van der Waals surface area contributed by atoms with Gasteiger partial charge in [0.1, 0.15) is 17.1 Å². The number of aliphatic hydroxyl groups is 1. The van der Waals surface area contributed by atoms with Crippen LogP contribution in [0.1, 0.15) is 61.2 Å². The Hall–Kier alpha value is -4.21. The first-order valence-electron chi connectivity index (χ1n) is 14.3. The van der Waals surface area contributed by atoms with Crippen LogP contribution in [-0.2, 0) is 9.59 Å². The van der Waals surface area contributed by atoms with Crippen molar-refractivity contribution in [2.75, 3.05) is 11.5 Å². The monoisotopic (exact) mass is 614 g/mol. The fourth-order valence-corrected chi connectivity index (χ4v) is 6.74. The minimum atomic E-state index is -0.931. The molecule has 0 radical (unpaired) electrons. The van der Waals surface area contributed by atoms with Crippen molar-refractivity contribution in [3.05, 3.63) is 93.9 Å². The average Bonchev–Trinajstić information content (AvgIpc) is 3.65. The summed E-state index contributed by atoms with van der Waals surface area (Å²) in [7, 11) is 0. The Labute approximate surface area is 258 Å². The Bertz CT molecular complexity index is 1890. The number of Topliss-reactive ketones (excluding diaryl/α,β-unsaturated/α-hetero) is 1. The number of ketones is 1. The number of aromatic nitrogens is 3. The first-order valence-corrected chi connectivity index (χ1v) is 15.5. The number of aryl methyl sites for hydroxylation is 2. The molecule has 1 saturated heterocycles. The topological polar surface area (TPSA) is 97.0 Å². The molecule has 3 aromatic heterocycles. The van der Waals surface area contributed by atoms with E-state index in [4.69, 9.17) is 16.3 Å². The van der Waals surface area contributed by atoms with E-state index >= 15 is 0 Å². The van der Waals surface area contributed by atoms with E-state index in [0.29, 0.717) is 44.9 Å². The Kier molecular flexibility index (Phi) is 7.94. The summed E-state index contributed by atoms with van der Waals surface area (Å²) >= 11 is 7.48. The van der Waals surface area contributed by atoms with Gasteiger partial charge >= 0.3 is 5.91 Å². The average molecular weight is 615 g/mol. The second-order valence-corrected chi connectivity index (χ2v) is 12.1. The molecule has 4 heterocycles. The molecule has 43 heavy (non-hydrogen) atoms. The molecule has 1 fully saturated rings. The number of thiazole rings is 1. The maximum atomic E-state index is 13.7. The van der Waals surface area contributed by atoms with Crippen LogP contribution in [0.15, 0.2) is 66.4 Å². The fraction of sp³-hybridized carbons (Fsp3) is 0.273. The van der Waals surface area contributed by atoms with Gasteiger partial charge in [0, 0.05) is 11.2 Å². The SMILES string of the molecule is CCCCCCOc1ccc(C2/C(=C(\O)c3nc4c(C)cccn4c3C)C(=O)C(=O)N2c2nc3ccc(Cl)cc3s2)cc1. The standard InChI is InChI=1S/C33H31ClN4O4S/c1-4-5-6-7-17-42-23-13-10-21(11-14-23)28-26(29(39)27-20(3)37-16-8-9-19(2)31(37)36-27)30(40)32(41)38(28)33-35-24-15-12-22(34)18-25(24)43-33/h8-16,18,28,39H,4-7,17H2,1-3H3/b29-26+. The lowest BCUT2D eigenvalue weighted by molar-refractivity contribution is -0.132. The molecule has 0 spiro atoms. The molecule has 6 rings (SSSR count). The second-order valence-electron chi connectivity index (χ2n) is 10.7. The molecule has 1 aliphatic heterocycles. The van der Waals surface area contributed by atoms with Gasteiger partial charge in [-0.25, -0.2) is 9.97 Å². The molecule has 2 aromatic carbocycles. The molecule has 1 atom stereocenters. The summed E-state index contributed by atoms with van der Waals surface area (Å²) in [6, 6.07) is 15.5. The van der Waals surface area contributed by atoms with Crippen LogP contribution in [0.3, 0.4) is 0 Å². The number of aliphatic hydroxyl groups excluding tert-OH is 1. The molecule has 8 nitrogen and oxygen atoms in total. The van der Waals surface area contributed by atoms with Crippen LogP contribution in [0.2, 0.25) is 5.02 Å². The van der Waals surface area contributed by atoms with Gasteiger partial charge in [0.2, 0.25) is 0 Å². The summed E-state index contributed by atoms with van der Waals surface area (Å²) in [5, 5.41) is 12.6. The first kappa shape index (κ1) is 28.9. The molecule has 1 N–H and O–H groups in total. The molecule has 0 aliphatic carbocycles. The molecular weight excluding hydrogens is 584 g/mol. The minimum absolute atomic E-state index is 0.0420. The van der Waals surface area contributed by atoms with E-state index < -0.39 is 17.7 Å². The van der Waals surface area contributed by atoms with Crippen LogP contribution in [0.25, 0.3) is 21.6 Å². The predicted molar refractivity (Wildman–Crippen MR) is 170 cm³/mol. The number of ether oxygens (including phenoxy) is 1. The van der Waals surface area contributed by atoms with Gasteiger partial charge in [-0.1, -0.05) is 67.3 Å². The smallest absolute Gasteiger partial charge is 0.301 e.